The van der Waals surface area contributed by atoms with Gasteiger partial charge in [-0.15, -0.1) is 0 Å². The molecule has 5 rings (SSSR count). The molecule has 0 aliphatic carbocycles. The summed E-state index contributed by atoms with van der Waals surface area (Å²) >= 11 is 0. The van der Waals surface area contributed by atoms with Crippen LogP contribution in [-0.2, 0) is 24.9 Å². The Balaban J connectivity index is 1.70. The summed E-state index contributed by atoms with van der Waals surface area (Å²) in [6, 6.07) is 9.32. The number of nitrogens with one attached hydrogen (secondary N) is 2. The van der Waals surface area contributed by atoms with Gasteiger partial charge in [0.15, 0.2) is 5.65 Å². The third-order valence-corrected chi connectivity index (χ3v) is 6.33. The van der Waals surface area contributed by atoms with Crippen LogP contribution < -0.4 is 16.2 Å². The molecule has 4 heterocycles. The highest BCUT2D eigenvalue weighted by atomic mass is 19.4. The Labute approximate surface area is 215 Å². The average molecular weight is 523 g/mol. The molecule has 2 N–H and O–H groups in total. The third kappa shape index (κ3) is 4.72. The molecular formula is C26H25F3N8O. The maximum Gasteiger partial charge on any atom is 0.408 e. The molecule has 0 amide bonds. The van der Waals surface area contributed by atoms with Crippen LogP contribution in [0.2, 0.25) is 0 Å². The number of fused-ring (bicyclic) bond motifs is 2. The number of benzene rings is 1. The first-order valence-corrected chi connectivity index (χ1v) is 12.0. The average Bonchev–Trinajstić information content (AvgIpc) is 3.12. The van der Waals surface area contributed by atoms with E-state index in [-0.39, 0.29) is 28.2 Å². The summed E-state index contributed by atoms with van der Waals surface area (Å²) in [7, 11) is 0. The molecule has 0 bridgehead atoms. The second-order valence-electron chi connectivity index (χ2n) is 10.2. The van der Waals surface area contributed by atoms with E-state index in [1.54, 1.807) is 0 Å². The van der Waals surface area contributed by atoms with Gasteiger partial charge in [0.1, 0.15) is 18.0 Å². The highest BCUT2D eigenvalue weighted by Crippen LogP contribution is 2.30. The lowest BCUT2D eigenvalue weighted by Gasteiger charge is -2.22. The van der Waals surface area contributed by atoms with Gasteiger partial charge in [0.05, 0.1) is 16.9 Å². The first kappa shape index (κ1) is 25.4. The van der Waals surface area contributed by atoms with E-state index in [4.69, 9.17) is 0 Å². The zero-order valence-corrected chi connectivity index (χ0v) is 21.0. The third-order valence-electron chi connectivity index (χ3n) is 6.33. The van der Waals surface area contributed by atoms with E-state index in [1.165, 1.54) is 29.6 Å². The van der Waals surface area contributed by atoms with Gasteiger partial charge < -0.3 is 10.6 Å². The number of nitrogens with zero attached hydrogens (tertiary/aromatic N) is 6. The van der Waals surface area contributed by atoms with Crippen LogP contribution in [0.4, 0.5) is 24.8 Å². The van der Waals surface area contributed by atoms with Gasteiger partial charge in [0.2, 0.25) is 5.95 Å². The first-order valence-electron chi connectivity index (χ1n) is 12.0. The van der Waals surface area contributed by atoms with Crippen molar-refractivity contribution in [3.05, 3.63) is 69.4 Å². The van der Waals surface area contributed by atoms with Gasteiger partial charge in [-0.05, 0) is 42.3 Å². The van der Waals surface area contributed by atoms with Crippen LogP contribution in [0.15, 0.2) is 41.5 Å². The molecule has 1 aliphatic rings. The van der Waals surface area contributed by atoms with Crippen molar-refractivity contribution in [3.8, 4) is 11.8 Å². The molecule has 0 unspecified atom stereocenters. The van der Waals surface area contributed by atoms with Gasteiger partial charge >= 0.3 is 6.18 Å². The molecule has 4 aromatic rings. The summed E-state index contributed by atoms with van der Waals surface area (Å²) in [5.41, 5.74) is 2.05. The van der Waals surface area contributed by atoms with Crippen LogP contribution in [-0.4, -0.2) is 37.0 Å². The number of halogens is 3. The predicted octanol–water partition coefficient (Wildman–Crippen LogP) is 4.10. The summed E-state index contributed by atoms with van der Waals surface area (Å²) < 4.78 is 42.4. The van der Waals surface area contributed by atoms with Crippen molar-refractivity contribution in [1.82, 2.24) is 29.6 Å². The van der Waals surface area contributed by atoms with Crippen molar-refractivity contribution in [2.75, 3.05) is 11.9 Å². The molecule has 0 atom stereocenters. The first-order chi connectivity index (χ1) is 18.0. The number of hydrogen-bond acceptors (Lipinski definition) is 7. The number of pyridine rings is 1. The quantitative estimate of drug-likeness (QED) is 0.415. The van der Waals surface area contributed by atoms with Crippen LogP contribution in [0.25, 0.3) is 16.7 Å². The van der Waals surface area contributed by atoms with Crippen molar-refractivity contribution >= 4 is 22.7 Å². The van der Waals surface area contributed by atoms with Gasteiger partial charge in [0, 0.05) is 30.0 Å². The summed E-state index contributed by atoms with van der Waals surface area (Å²) in [6.45, 7) is 5.60. The topological polar surface area (TPSA) is 113 Å². The molecule has 3 aromatic heterocycles. The van der Waals surface area contributed by atoms with E-state index in [1.807, 2.05) is 39.0 Å². The number of nitriles is 1. The van der Waals surface area contributed by atoms with E-state index < -0.39 is 23.7 Å². The van der Waals surface area contributed by atoms with Crippen molar-refractivity contribution in [3.63, 3.8) is 0 Å². The fraction of sp³-hybridized carbons (Fsp3) is 0.346. The molecule has 38 heavy (non-hydrogen) atoms. The fourth-order valence-corrected chi connectivity index (χ4v) is 4.64. The Morgan fingerprint density at radius 3 is 2.66 bits per heavy atom. The summed E-state index contributed by atoms with van der Waals surface area (Å²) in [5, 5.41) is 16.3. The van der Waals surface area contributed by atoms with Gasteiger partial charge in [-0.2, -0.15) is 23.4 Å². The molecule has 0 spiro atoms. The van der Waals surface area contributed by atoms with Gasteiger partial charge in [-0.25, -0.2) is 14.3 Å². The summed E-state index contributed by atoms with van der Waals surface area (Å²) in [5.74, 6) is 0.105. The van der Waals surface area contributed by atoms with E-state index in [0.29, 0.717) is 16.1 Å². The van der Waals surface area contributed by atoms with Crippen molar-refractivity contribution in [1.29, 1.82) is 5.26 Å². The Morgan fingerprint density at radius 1 is 1.16 bits per heavy atom. The Hall–Kier alpha value is -4.24. The van der Waals surface area contributed by atoms with Gasteiger partial charge in [-0.1, -0.05) is 26.8 Å². The minimum atomic E-state index is -4.70. The predicted molar refractivity (Wildman–Crippen MR) is 136 cm³/mol. The van der Waals surface area contributed by atoms with Crippen LogP contribution in [0.5, 0.6) is 0 Å². The van der Waals surface area contributed by atoms with E-state index in [9.17, 15) is 23.2 Å². The minimum absolute atomic E-state index is 0.0542. The molecule has 0 fully saturated rings. The van der Waals surface area contributed by atoms with Crippen molar-refractivity contribution in [2.24, 2.45) is 0 Å². The normalized spacial score (nSPS) is 13.8. The molecule has 0 saturated heterocycles. The van der Waals surface area contributed by atoms with Crippen LogP contribution >= 0.6 is 0 Å². The number of aromatic nitrogens is 5. The van der Waals surface area contributed by atoms with Gasteiger partial charge in [0.25, 0.3) is 5.56 Å². The molecule has 1 aliphatic heterocycles. The number of anilines is 2. The number of hydrogen-bond donors (Lipinski definition) is 2. The SMILES string of the molecule is CC(C)(C)c1nccc(-n2c3nc(Nc4ccc5c(c4)CCNC5)ncc3c(=O)n2CC(F)(F)F)c1C#N. The van der Waals surface area contributed by atoms with E-state index in [0.717, 1.165) is 24.2 Å². The second-order valence-corrected chi connectivity index (χ2v) is 10.2. The molecule has 0 saturated carbocycles. The lowest BCUT2D eigenvalue weighted by molar-refractivity contribution is -0.144. The molecular weight excluding hydrogens is 497 g/mol. The zero-order valence-electron chi connectivity index (χ0n) is 21.0. The zero-order chi connectivity index (χ0) is 27.2. The maximum atomic E-state index is 13.6. The Kier molecular flexibility index (Phi) is 6.19. The van der Waals surface area contributed by atoms with Crippen LogP contribution in [0.1, 0.15) is 43.2 Å². The van der Waals surface area contributed by atoms with E-state index in [2.05, 4.69) is 31.7 Å². The second kappa shape index (κ2) is 9.25. The fourth-order valence-electron chi connectivity index (χ4n) is 4.64. The lowest BCUT2D eigenvalue weighted by atomic mass is 9.88. The lowest BCUT2D eigenvalue weighted by Crippen LogP contribution is -2.31. The number of alkyl halides is 3. The van der Waals surface area contributed by atoms with Crippen LogP contribution in [0.3, 0.4) is 0 Å². The molecule has 0 radical (unpaired) electrons. The molecule has 1 aromatic carbocycles. The maximum absolute atomic E-state index is 13.6. The van der Waals surface area contributed by atoms with Gasteiger partial charge in [-0.3, -0.25) is 9.78 Å². The van der Waals surface area contributed by atoms with Crippen molar-refractivity contribution < 1.29 is 13.2 Å². The standard InChI is InChI=1S/C26H25F3N8O/c1-25(2,3)21-18(11-30)20(7-9-32-21)37-22-19(23(38)36(37)14-26(27,28)29)13-33-24(35-22)34-17-5-4-16-12-31-8-6-15(16)10-17/h4-5,7,9-10,13,31H,6,8,12,14H2,1-3H3,(H,33,34,35). The minimum Gasteiger partial charge on any atom is -0.324 e. The molecule has 9 nitrogen and oxygen atoms in total. The summed E-state index contributed by atoms with van der Waals surface area (Å²) in [6.07, 6.45) is -1.22. The molecule has 12 heteroatoms. The van der Waals surface area contributed by atoms with E-state index >= 15 is 0 Å². The number of rotatable bonds is 4. The monoisotopic (exact) mass is 522 g/mol. The smallest absolute Gasteiger partial charge is 0.324 e. The van der Waals surface area contributed by atoms with Crippen LogP contribution in [0, 0.1) is 11.3 Å². The largest absolute Gasteiger partial charge is 0.408 e. The Bertz CT molecular complexity index is 1640. The van der Waals surface area contributed by atoms with Crippen molar-refractivity contribution in [2.45, 2.75) is 51.9 Å². The Morgan fingerprint density at radius 2 is 1.95 bits per heavy atom. The highest BCUT2D eigenvalue weighted by Gasteiger charge is 2.33. The highest BCUT2D eigenvalue weighted by molar-refractivity contribution is 5.78. The summed E-state index contributed by atoms with van der Waals surface area (Å²) in [4.78, 5) is 26.1. The molecule has 196 valence electrons.